The second-order valence-corrected chi connectivity index (χ2v) is 9.09. The summed E-state index contributed by atoms with van der Waals surface area (Å²) in [5.74, 6) is 1.65. The van der Waals surface area contributed by atoms with Crippen molar-refractivity contribution in [2.75, 3.05) is 13.1 Å². The van der Waals surface area contributed by atoms with Crippen molar-refractivity contribution in [3.05, 3.63) is 65.9 Å². The van der Waals surface area contributed by atoms with Crippen LogP contribution >= 0.6 is 0 Å². The molecule has 1 spiro atoms. The summed E-state index contributed by atoms with van der Waals surface area (Å²) in [7, 11) is 0. The van der Waals surface area contributed by atoms with Crippen LogP contribution in [0.5, 0.6) is 5.75 Å². The number of nitrogens with zero attached hydrogens (tertiary/aromatic N) is 4. The molecule has 0 radical (unpaired) electrons. The highest BCUT2D eigenvalue weighted by Crippen LogP contribution is 2.49. The molecule has 6 heteroatoms. The minimum atomic E-state index is -0.439. The summed E-state index contributed by atoms with van der Waals surface area (Å²) in [5, 5.41) is 0. The largest absolute Gasteiger partial charge is 0.480 e. The molecule has 3 aromatic rings. The van der Waals surface area contributed by atoms with E-state index in [1.54, 1.807) is 6.07 Å². The molecule has 2 aromatic heterocycles. The third-order valence-corrected chi connectivity index (χ3v) is 6.83. The minimum absolute atomic E-state index is 0.00136. The van der Waals surface area contributed by atoms with Crippen molar-refractivity contribution in [1.29, 1.82) is 0 Å². The first-order valence-electron chi connectivity index (χ1n) is 11.2. The number of imidazole rings is 1. The van der Waals surface area contributed by atoms with E-state index in [9.17, 15) is 4.79 Å². The summed E-state index contributed by atoms with van der Waals surface area (Å²) in [5.41, 5.74) is 4.25. The number of piperidine rings is 1. The number of rotatable bonds is 3. The maximum Gasteiger partial charge on any atom is 0.272 e. The second-order valence-electron chi connectivity index (χ2n) is 9.09. The van der Waals surface area contributed by atoms with Crippen molar-refractivity contribution < 1.29 is 9.53 Å². The maximum atomic E-state index is 13.0. The first-order chi connectivity index (χ1) is 15.1. The third kappa shape index (κ3) is 3.12. The number of amides is 1. The van der Waals surface area contributed by atoms with Gasteiger partial charge in [0.1, 0.15) is 11.4 Å². The minimum Gasteiger partial charge on any atom is -0.480 e. The van der Waals surface area contributed by atoms with E-state index < -0.39 is 5.60 Å². The number of pyridine rings is 1. The van der Waals surface area contributed by atoms with Crippen LogP contribution in [0.3, 0.4) is 0 Å². The first-order valence-corrected chi connectivity index (χ1v) is 11.2. The van der Waals surface area contributed by atoms with E-state index in [0.29, 0.717) is 18.8 Å². The second kappa shape index (κ2) is 6.94. The summed E-state index contributed by atoms with van der Waals surface area (Å²) in [6.45, 7) is 4.21. The Bertz CT molecular complexity index is 1160. The van der Waals surface area contributed by atoms with E-state index >= 15 is 0 Å². The Hall–Kier alpha value is -3.15. The van der Waals surface area contributed by atoms with Gasteiger partial charge in [-0.3, -0.25) is 4.79 Å². The zero-order valence-electron chi connectivity index (χ0n) is 17.8. The van der Waals surface area contributed by atoms with E-state index in [1.165, 1.54) is 18.5 Å². The van der Waals surface area contributed by atoms with E-state index in [4.69, 9.17) is 9.72 Å². The Balaban J connectivity index is 1.32. The van der Waals surface area contributed by atoms with Gasteiger partial charge < -0.3 is 14.2 Å². The fourth-order valence-electron chi connectivity index (χ4n) is 5.02. The van der Waals surface area contributed by atoms with Crippen molar-refractivity contribution in [3.63, 3.8) is 0 Å². The lowest BCUT2D eigenvalue weighted by Crippen LogP contribution is -2.50. The summed E-state index contributed by atoms with van der Waals surface area (Å²) in [6, 6.07) is 13.8. The number of carbonyl (C=O) groups excluding carboxylic acids is 1. The summed E-state index contributed by atoms with van der Waals surface area (Å²) >= 11 is 0. The molecule has 6 rings (SSSR count). The van der Waals surface area contributed by atoms with Crippen LogP contribution in [0.15, 0.2) is 48.8 Å². The molecule has 0 unspecified atom stereocenters. The standard InChI is InChI=1S/C25H26N4O2/c1-17-5-4-7-20(27-17)24(30)28-13-11-25(12-14-28)23-22(19-6-2-3-8-21(19)31-25)26-16-29(23)15-18-9-10-18/h2-8,16,18H,9-15H2,1H3. The summed E-state index contributed by atoms with van der Waals surface area (Å²) < 4.78 is 9.05. The molecule has 0 bridgehead atoms. The Kier molecular flexibility index (Phi) is 4.16. The average molecular weight is 415 g/mol. The molecule has 4 heterocycles. The number of benzene rings is 1. The fourth-order valence-corrected chi connectivity index (χ4v) is 5.02. The number of carbonyl (C=O) groups is 1. The van der Waals surface area contributed by atoms with Crippen molar-refractivity contribution >= 4 is 5.91 Å². The lowest BCUT2D eigenvalue weighted by atomic mass is 9.83. The predicted octanol–water partition coefficient (Wildman–Crippen LogP) is 4.19. The van der Waals surface area contributed by atoms with Crippen molar-refractivity contribution in [2.45, 2.75) is 44.8 Å². The molecule has 0 N–H and O–H groups in total. The number of likely N-dealkylation sites (tertiary alicyclic amines) is 1. The van der Waals surface area contributed by atoms with Crippen molar-refractivity contribution in [2.24, 2.45) is 5.92 Å². The Labute approximate surface area is 181 Å². The van der Waals surface area contributed by atoms with Gasteiger partial charge in [-0.1, -0.05) is 18.2 Å². The molecule has 1 aliphatic carbocycles. The van der Waals surface area contributed by atoms with Crippen LogP contribution < -0.4 is 4.74 Å². The molecule has 6 nitrogen and oxygen atoms in total. The number of aryl methyl sites for hydroxylation is 1. The molecule has 2 aliphatic heterocycles. The highest BCUT2D eigenvalue weighted by Gasteiger charge is 2.47. The van der Waals surface area contributed by atoms with Gasteiger partial charge in [-0.15, -0.1) is 0 Å². The van der Waals surface area contributed by atoms with Gasteiger partial charge in [0.15, 0.2) is 5.60 Å². The van der Waals surface area contributed by atoms with Gasteiger partial charge >= 0.3 is 0 Å². The third-order valence-electron chi connectivity index (χ3n) is 6.83. The quantitative estimate of drug-likeness (QED) is 0.645. The summed E-state index contributed by atoms with van der Waals surface area (Å²) in [6.07, 6.45) is 6.08. The van der Waals surface area contributed by atoms with E-state index in [2.05, 4.69) is 15.6 Å². The van der Waals surface area contributed by atoms with Crippen molar-refractivity contribution in [3.8, 4) is 17.0 Å². The molecule has 1 aromatic carbocycles. The maximum absolute atomic E-state index is 13.0. The molecule has 158 valence electrons. The Morgan fingerprint density at radius 3 is 2.71 bits per heavy atom. The van der Waals surface area contributed by atoms with Crippen LogP contribution in [-0.4, -0.2) is 38.4 Å². The Morgan fingerprint density at radius 2 is 1.94 bits per heavy atom. The van der Waals surface area contributed by atoms with Crippen LogP contribution in [0.2, 0.25) is 0 Å². The zero-order chi connectivity index (χ0) is 21.0. The molecule has 1 amide bonds. The number of hydrogen-bond acceptors (Lipinski definition) is 4. The van der Waals surface area contributed by atoms with Crippen LogP contribution in [0.4, 0.5) is 0 Å². The smallest absolute Gasteiger partial charge is 0.272 e. The van der Waals surface area contributed by atoms with E-state index in [-0.39, 0.29) is 5.91 Å². The van der Waals surface area contributed by atoms with Gasteiger partial charge in [0.25, 0.3) is 5.91 Å². The average Bonchev–Trinajstić information content (AvgIpc) is 3.50. The molecule has 1 saturated carbocycles. The van der Waals surface area contributed by atoms with Gasteiger partial charge in [0, 0.05) is 43.7 Å². The van der Waals surface area contributed by atoms with E-state index in [0.717, 1.165) is 48.0 Å². The number of aromatic nitrogens is 3. The molecule has 31 heavy (non-hydrogen) atoms. The monoisotopic (exact) mass is 414 g/mol. The fraction of sp³-hybridized carbons (Fsp3) is 0.400. The zero-order valence-corrected chi connectivity index (χ0v) is 17.8. The van der Waals surface area contributed by atoms with Gasteiger partial charge in [0.05, 0.1) is 17.7 Å². The van der Waals surface area contributed by atoms with Crippen LogP contribution in [0, 0.1) is 12.8 Å². The first kappa shape index (κ1) is 18.6. The van der Waals surface area contributed by atoms with Crippen LogP contribution in [-0.2, 0) is 12.1 Å². The highest BCUT2D eigenvalue weighted by molar-refractivity contribution is 5.92. The number of para-hydroxylation sites is 1. The lowest BCUT2D eigenvalue weighted by Gasteiger charge is -2.44. The molecule has 0 atom stereocenters. The van der Waals surface area contributed by atoms with E-state index in [1.807, 2.05) is 48.5 Å². The van der Waals surface area contributed by atoms with Gasteiger partial charge in [0.2, 0.25) is 0 Å². The van der Waals surface area contributed by atoms with Gasteiger partial charge in [-0.05, 0) is 49.9 Å². The SMILES string of the molecule is Cc1cccc(C(=O)N2CCC3(CC2)Oc2ccccc2-c2ncn(CC4CC4)c23)n1. The molecular formula is C25H26N4O2. The van der Waals surface area contributed by atoms with Crippen molar-refractivity contribution in [1.82, 2.24) is 19.4 Å². The van der Waals surface area contributed by atoms with Crippen LogP contribution in [0.25, 0.3) is 11.3 Å². The number of ether oxygens (including phenoxy) is 1. The summed E-state index contributed by atoms with van der Waals surface area (Å²) in [4.78, 5) is 24.2. The number of fused-ring (bicyclic) bond motifs is 4. The topological polar surface area (TPSA) is 60.3 Å². The number of hydrogen-bond donors (Lipinski definition) is 0. The van der Waals surface area contributed by atoms with Gasteiger partial charge in [-0.25, -0.2) is 9.97 Å². The highest BCUT2D eigenvalue weighted by atomic mass is 16.5. The predicted molar refractivity (Wildman–Crippen MR) is 117 cm³/mol. The normalized spacial score (nSPS) is 18.9. The molecule has 3 aliphatic rings. The Morgan fingerprint density at radius 1 is 1.13 bits per heavy atom. The molecule has 1 saturated heterocycles. The molecule has 2 fully saturated rings. The molecular weight excluding hydrogens is 388 g/mol. The lowest BCUT2D eigenvalue weighted by molar-refractivity contribution is -0.00759. The van der Waals surface area contributed by atoms with Gasteiger partial charge in [-0.2, -0.15) is 0 Å². The van der Waals surface area contributed by atoms with Crippen LogP contribution in [0.1, 0.15) is 47.6 Å².